The Balaban J connectivity index is 1.64. The van der Waals surface area contributed by atoms with Crippen molar-refractivity contribution in [2.24, 2.45) is 11.8 Å². The molecular formula is C23H31NO3. The zero-order chi connectivity index (χ0) is 18.8. The smallest absolute Gasteiger partial charge is 0.137 e. The molecular weight excluding hydrogens is 338 g/mol. The third kappa shape index (κ3) is 2.45. The van der Waals surface area contributed by atoms with Crippen LogP contribution >= 0.6 is 0 Å². The van der Waals surface area contributed by atoms with E-state index in [1.807, 2.05) is 6.07 Å². The number of aliphatic hydroxyl groups is 1. The maximum absolute atomic E-state index is 13.0. The van der Waals surface area contributed by atoms with Gasteiger partial charge in [0, 0.05) is 30.3 Å². The van der Waals surface area contributed by atoms with Gasteiger partial charge in [-0.1, -0.05) is 13.0 Å². The predicted octanol–water partition coefficient (Wildman–Crippen LogP) is 3.09. The van der Waals surface area contributed by atoms with Gasteiger partial charge in [-0.2, -0.15) is 0 Å². The third-order valence-electron chi connectivity index (χ3n) is 8.06. The Morgan fingerprint density at radius 3 is 2.85 bits per heavy atom. The number of methoxy groups -OCH3 is 1. The molecule has 3 aliphatic carbocycles. The molecule has 2 saturated carbocycles. The first-order valence-corrected chi connectivity index (χ1v) is 10.7. The molecule has 1 aromatic rings. The molecule has 0 spiro atoms. The summed E-state index contributed by atoms with van der Waals surface area (Å²) in [7, 11) is 1.69. The number of rotatable bonds is 4. The van der Waals surface area contributed by atoms with E-state index in [0.29, 0.717) is 18.6 Å². The number of fused-ring (bicyclic) bond motifs is 1. The Morgan fingerprint density at radius 1 is 1.33 bits per heavy atom. The number of ether oxygens (including phenoxy) is 1. The van der Waals surface area contributed by atoms with Crippen molar-refractivity contribution in [2.75, 3.05) is 20.2 Å². The average Bonchev–Trinajstić information content (AvgIpc) is 3.48. The molecule has 5 rings (SSSR count). The van der Waals surface area contributed by atoms with Gasteiger partial charge in [-0.25, -0.2) is 0 Å². The summed E-state index contributed by atoms with van der Waals surface area (Å²) in [6.07, 6.45) is 6.34. The molecule has 146 valence electrons. The summed E-state index contributed by atoms with van der Waals surface area (Å²) in [4.78, 5) is 15.6. The Bertz CT molecular complexity index is 773. The predicted molar refractivity (Wildman–Crippen MR) is 104 cm³/mol. The highest BCUT2D eigenvalue weighted by Crippen LogP contribution is 2.59. The van der Waals surface area contributed by atoms with Gasteiger partial charge in [0.05, 0.1) is 12.7 Å². The Morgan fingerprint density at radius 2 is 2.15 bits per heavy atom. The van der Waals surface area contributed by atoms with E-state index >= 15 is 0 Å². The molecule has 0 aromatic heterocycles. The Hall–Kier alpha value is -1.39. The standard InChI is InChI=1S/C23H31NO3/c1-3-16-12-23(26)21-10-17-6-7-18(27-2)11-19(17)22(23,13-20(16)25)8-9-24(21)14-15-4-5-15/h6-7,11,15-16,21,26H,3-5,8-10,12-14H2,1-2H3. The third-order valence-corrected chi connectivity index (χ3v) is 8.06. The lowest BCUT2D eigenvalue weighted by Gasteiger charge is -2.64. The monoisotopic (exact) mass is 369 g/mol. The van der Waals surface area contributed by atoms with Gasteiger partial charge in [0.15, 0.2) is 0 Å². The number of carbonyl (C=O) groups excluding carboxylic acids is 1. The summed E-state index contributed by atoms with van der Waals surface area (Å²) >= 11 is 0. The van der Waals surface area contributed by atoms with Crippen molar-refractivity contribution in [3.63, 3.8) is 0 Å². The van der Waals surface area contributed by atoms with Crippen LogP contribution in [0.2, 0.25) is 0 Å². The number of nitrogens with zero attached hydrogens (tertiary/aromatic N) is 1. The van der Waals surface area contributed by atoms with E-state index in [2.05, 4.69) is 24.0 Å². The topological polar surface area (TPSA) is 49.8 Å². The fraction of sp³-hybridized carbons (Fsp3) is 0.696. The quantitative estimate of drug-likeness (QED) is 0.886. The van der Waals surface area contributed by atoms with Crippen molar-refractivity contribution < 1.29 is 14.6 Å². The minimum absolute atomic E-state index is 0.00124. The molecule has 1 N–H and O–H groups in total. The Labute approximate surface area is 161 Å². The zero-order valence-corrected chi connectivity index (χ0v) is 16.5. The second-order valence-corrected chi connectivity index (χ2v) is 9.39. The molecule has 1 saturated heterocycles. The van der Waals surface area contributed by atoms with E-state index < -0.39 is 11.0 Å². The van der Waals surface area contributed by atoms with Crippen LogP contribution in [0.5, 0.6) is 5.75 Å². The van der Waals surface area contributed by atoms with Gasteiger partial charge < -0.3 is 9.84 Å². The largest absolute Gasteiger partial charge is 0.497 e. The van der Waals surface area contributed by atoms with Crippen LogP contribution in [0, 0.1) is 11.8 Å². The second kappa shape index (κ2) is 6.05. The Kier molecular flexibility index (Phi) is 3.97. The number of piperidine rings is 1. The summed E-state index contributed by atoms with van der Waals surface area (Å²) in [6, 6.07) is 6.43. The normalized spacial score (nSPS) is 38.3. The number of carbonyl (C=O) groups is 1. The lowest BCUT2D eigenvalue weighted by Crippen LogP contribution is -2.74. The van der Waals surface area contributed by atoms with Crippen molar-refractivity contribution in [1.82, 2.24) is 4.90 Å². The van der Waals surface area contributed by atoms with E-state index in [1.165, 1.54) is 24.0 Å². The summed E-state index contributed by atoms with van der Waals surface area (Å²) in [6.45, 7) is 4.19. The van der Waals surface area contributed by atoms with Crippen LogP contribution in [0.15, 0.2) is 18.2 Å². The van der Waals surface area contributed by atoms with Crippen LogP contribution in [0.3, 0.4) is 0 Å². The van der Waals surface area contributed by atoms with Crippen LogP contribution in [0.1, 0.15) is 56.6 Å². The number of hydrogen-bond acceptors (Lipinski definition) is 4. The molecule has 4 unspecified atom stereocenters. The lowest BCUT2D eigenvalue weighted by atomic mass is 9.47. The van der Waals surface area contributed by atoms with Gasteiger partial charge in [-0.05, 0) is 74.2 Å². The van der Waals surface area contributed by atoms with E-state index in [4.69, 9.17) is 4.74 Å². The number of Topliss-reactive ketones (excluding diaryl/α,β-unsaturated/α-hetero) is 1. The molecule has 1 aliphatic heterocycles. The number of hydrogen-bond donors (Lipinski definition) is 1. The molecule has 1 aromatic carbocycles. The van der Waals surface area contributed by atoms with Gasteiger partial charge in [0.2, 0.25) is 0 Å². The molecule has 0 amide bonds. The van der Waals surface area contributed by atoms with Gasteiger partial charge >= 0.3 is 0 Å². The first-order chi connectivity index (χ1) is 13.0. The molecule has 4 aliphatic rings. The minimum atomic E-state index is -0.811. The molecule has 4 atom stereocenters. The first-order valence-electron chi connectivity index (χ1n) is 10.7. The molecule has 0 radical (unpaired) electrons. The van der Waals surface area contributed by atoms with Crippen molar-refractivity contribution in [3.8, 4) is 5.75 Å². The summed E-state index contributed by atoms with van der Waals surface area (Å²) in [5.74, 6) is 1.98. The maximum Gasteiger partial charge on any atom is 0.137 e. The van der Waals surface area contributed by atoms with Crippen molar-refractivity contribution >= 4 is 5.78 Å². The van der Waals surface area contributed by atoms with Crippen LogP contribution in [-0.4, -0.2) is 47.6 Å². The van der Waals surface area contributed by atoms with Crippen molar-refractivity contribution in [3.05, 3.63) is 29.3 Å². The highest BCUT2D eigenvalue weighted by atomic mass is 16.5. The number of benzene rings is 1. The number of likely N-dealkylation sites (tertiary alicyclic amines) is 1. The first kappa shape index (κ1) is 17.7. The van der Waals surface area contributed by atoms with Gasteiger partial charge in [0.25, 0.3) is 0 Å². The number of ketones is 1. The van der Waals surface area contributed by atoms with Crippen LogP contribution < -0.4 is 4.74 Å². The van der Waals surface area contributed by atoms with Crippen LogP contribution in [0.4, 0.5) is 0 Å². The maximum atomic E-state index is 13.0. The highest BCUT2D eigenvalue weighted by Gasteiger charge is 2.66. The molecule has 27 heavy (non-hydrogen) atoms. The van der Waals surface area contributed by atoms with Crippen LogP contribution in [-0.2, 0) is 16.6 Å². The fourth-order valence-electron chi connectivity index (χ4n) is 6.33. The van der Waals surface area contributed by atoms with E-state index in [9.17, 15) is 9.90 Å². The van der Waals surface area contributed by atoms with E-state index in [1.54, 1.807) is 7.11 Å². The zero-order valence-electron chi connectivity index (χ0n) is 16.5. The molecule has 3 fully saturated rings. The second-order valence-electron chi connectivity index (χ2n) is 9.39. The molecule has 4 nitrogen and oxygen atoms in total. The molecule has 2 bridgehead atoms. The van der Waals surface area contributed by atoms with Crippen LogP contribution in [0.25, 0.3) is 0 Å². The summed E-state index contributed by atoms with van der Waals surface area (Å²) < 4.78 is 5.50. The van der Waals surface area contributed by atoms with Gasteiger partial charge in [0.1, 0.15) is 11.5 Å². The lowest BCUT2D eigenvalue weighted by molar-refractivity contribution is -0.182. The summed E-state index contributed by atoms with van der Waals surface area (Å²) in [5.41, 5.74) is 1.22. The van der Waals surface area contributed by atoms with Gasteiger partial charge in [-0.15, -0.1) is 0 Å². The van der Waals surface area contributed by atoms with Crippen molar-refractivity contribution in [2.45, 2.75) is 68.9 Å². The SMILES string of the molecule is CCC1CC2(O)C3Cc4ccc(OC)cc4C2(CCN3CC2CC2)CC1=O. The fourth-order valence-corrected chi connectivity index (χ4v) is 6.33. The summed E-state index contributed by atoms with van der Waals surface area (Å²) in [5, 5.41) is 12.3. The average molecular weight is 370 g/mol. The molecule has 1 heterocycles. The highest BCUT2D eigenvalue weighted by molar-refractivity contribution is 5.85. The minimum Gasteiger partial charge on any atom is -0.497 e. The molecule has 4 heteroatoms. The van der Waals surface area contributed by atoms with Crippen molar-refractivity contribution in [1.29, 1.82) is 0 Å². The van der Waals surface area contributed by atoms with E-state index in [0.717, 1.165) is 44.0 Å². The van der Waals surface area contributed by atoms with E-state index in [-0.39, 0.29) is 12.0 Å². The van der Waals surface area contributed by atoms with Gasteiger partial charge in [-0.3, -0.25) is 9.69 Å².